The van der Waals surface area contributed by atoms with Crippen molar-refractivity contribution in [3.05, 3.63) is 25.3 Å². The summed E-state index contributed by atoms with van der Waals surface area (Å²) < 4.78 is 140. The van der Waals surface area contributed by atoms with Gasteiger partial charge in [0.05, 0.1) is 0 Å². The van der Waals surface area contributed by atoms with Gasteiger partial charge in [-0.05, 0) is 0 Å². The van der Waals surface area contributed by atoms with E-state index in [0.717, 1.165) is 0 Å². The van der Waals surface area contributed by atoms with Crippen LogP contribution in [0, 0.1) is 0 Å². The maximum Gasteiger partial charge on any atom is 0.384 e. The van der Waals surface area contributed by atoms with E-state index in [4.69, 9.17) is 0 Å². The highest BCUT2D eigenvalue weighted by molar-refractivity contribution is 5.81. The number of halogens is 10. The Balaban J connectivity index is 5.81. The van der Waals surface area contributed by atoms with Gasteiger partial charge in [0.15, 0.2) is 13.2 Å². The van der Waals surface area contributed by atoms with Gasteiger partial charge in [-0.15, -0.1) is 0 Å². The molecule has 0 atom stereocenters. The van der Waals surface area contributed by atoms with Crippen LogP contribution in [0.25, 0.3) is 0 Å². The van der Waals surface area contributed by atoms with Gasteiger partial charge in [-0.3, -0.25) is 0 Å². The van der Waals surface area contributed by atoms with Gasteiger partial charge in [-0.25, -0.2) is 9.59 Å². The average molecular weight is 420 g/mol. The third kappa shape index (κ3) is 4.53. The van der Waals surface area contributed by atoms with E-state index in [1.54, 1.807) is 0 Å². The SMILES string of the molecule is C=CC(=O)OCC(F)(F)C(F)(F)C(F)(F)C(F)(F)C(F)(F)COC(=O)C=C. The molecule has 14 heteroatoms. The van der Waals surface area contributed by atoms with Gasteiger partial charge < -0.3 is 9.47 Å². The van der Waals surface area contributed by atoms with Gasteiger partial charge in [-0.1, -0.05) is 13.2 Å². The van der Waals surface area contributed by atoms with Crippen LogP contribution in [-0.2, 0) is 19.1 Å². The molecule has 0 aromatic heterocycles. The molecule has 0 N–H and O–H groups in total. The minimum absolute atomic E-state index is 0.156. The Labute approximate surface area is 144 Å². The fourth-order valence-corrected chi connectivity index (χ4v) is 1.28. The molecule has 0 spiro atoms. The van der Waals surface area contributed by atoms with Crippen LogP contribution in [0.2, 0.25) is 0 Å². The van der Waals surface area contributed by atoms with Crippen LogP contribution >= 0.6 is 0 Å². The maximum absolute atomic E-state index is 13.4. The lowest BCUT2D eigenvalue weighted by atomic mass is 9.95. The Morgan fingerprint density at radius 2 is 0.889 bits per heavy atom. The Morgan fingerprint density at radius 1 is 0.630 bits per heavy atom. The fourth-order valence-electron chi connectivity index (χ4n) is 1.28. The van der Waals surface area contributed by atoms with Crippen LogP contribution in [0.3, 0.4) is 0 Å². The van der Waals surface area contributed by atoms with Crippen molar-refractivity contribution in [1.29, 1.82) is 0 Å². The van der Waals surface area contributed by atoms with E-state index in [2.05, 4.69) is 22.6 Å². The lowest BCUT2D eigenvalue weighted by Gasteiger charge is -2.38. The normalized spacial score (nSPS) is 13.7. The van der Waals surface area contributed by atoms with E-state index in [9.17, 15) is 53.5 Å². The van der Waals surface area contributed by atoms with Gasteiger partial charge >= 0.3 is 41.6 Å². The summed E-state index contributed by atoms with van der Waals surface area (Å²) in [6.07, 6.45) is 0.312. The summed E-state index contributed by atoms with van der Waals surface area (Å²) in [6, 6.07) is 0. The van der Waals surface area contributed by atoms with Crippen molar-refractivity contribution in [2.45, 2.75) is 29.6 Å². The lowest BCUT2D eigenvalue weighted by molar-refractivity contribution is -0.406. The lowest BCUT2D eigenvalue weighted by Crippen LogP contribution is -2.68. The third-order valence-electron chi connectivity index (χ3n) is 2.83. The van der Waals surface area contributed by atoms with E-state index in [-0.39, 0.29) is 12.2 Å². The number of carbonyl (C=O) groups is 2. The third-order valence-corrected chi connectivity index (χ3v) is 2.83. The Morgan fingerprint density at radius 3 is 1.11 bits per heavy atom. The summed E-state index contributed by atoms with van der Waals surface area (Å²) in [5.41, 5.74) is 0. The molecule has 27 heavy (non-hydrogen) atoms. The smallest absolute Gasteiger partial charge is 0.384 e. The number of esters is 2. The molecule has 0 fully saturated rings. The molecular formula is C13H10F10O4. The second-order valence-corrected chi connectivity index (χ2v) is 4.76. The molecule has 0 saturated heterocycles. The minimum atomic E-state index is -7.37. The molecule has 0 aliphatic heterocycles. The predicted octanol–water partition coefficient (Wildman–Crippen LogP) is 3.62. The molecule has 0 aliphatic carbocycles. The molecule has 0 saturated carbocycles. The zero-order chi connectivity index (χ0) is 21.9. The van der Waals surface area contributed by atoms with E-state index in [0.29, 0.717) is 0 Å². The van der Waals surface area contributed by atoms with Gasteiger partial charge in [0, 0.05) is 12.2 Å². The molecule has 0 radical (unpaired) electrons. The van der Waals surface area contributed by atoms with Crippen molar-refractivity contribution in [2.75, 3.05) is 13.2 Å². The second-order valence-electron chi connectivity index (χ2n) is 4.76. The topological polar surface area (TPSA) is 52.6 Å². The number of rotatable bonds is 10. The average Bonchev–Trinajstić information content (AvgIpc) is 2.56. The van der Waals surface area contributed by atoms with Crippen LogP contribution < -0.4 is 0 Å². The van der Waals surface area contributed by atoms with Crippen LogP contribution in [0.4, 0.5) is 43.9 Å². The summed E-state index contributed by atoms with van der Waals surface area (Å²) in [5.74, 6) is -37.6. The number of hydrogen-bond donors (Lipinski definition) is 0. The maximum atomic E-state index is 13.4. The zero-order valence-corrected chi connectivity index (χ0v) is 12.9. The van der Waals surface area contributed by atoms with E-state index >= 15 is 0 Å². The second kappa shape index (κ2) is 7.76. The number of alkyl halides is 10. The molecular weight excluding hydrogens is 410 g/mol. The Kier molecular flexibility index (Phi) is 7.11. The molecule has 0 unspecified atom stereocenters. The Bertz CT molecular complexity index is 550. The fraction of sp³-hybridized carbons (Fsp3) is 0.538. The highest BCUT2D eigenvalue weighted by Gasteiger charge is 2.86. The number of carbonyl (C=O) groups excluding carboxylic acids is 2. The largest absolute Gasteiger partial charge is 0.456 e. The summed E-state index contributed by atoms with van der Waals surface area (Å²) in [4.78, 5) is 21.1. The summed E-state index contributed by atoms with van der Waals surface area (Å²) in [6.45, 7) is -0.354. The number of ether oxygens (including phenoxy) is 2. The molecule has 4 nitrogen and oxygen atoms in total. The first-order chi connectivity index (χ1) is 11.9. The zero-order valence-electron chi connectivity index (χ0n) is 12.9. The van der Waals surface area contributed by atoms with E-state index in [1.807, 2.05) is 0 Å². The molecule has 0 aromatic carbocycles. The minimum Gasteiger partial charge on any atom is -0.456 e. The standard InChI is InChI=1S/C13H10F10O4/c1-3-7(24)26-5-9(14,15)11(18,19)13(22,23)12(20,21)10(16,17)6-27-8(25)4-2/h3-4H,1-2,5-6H2. The van der Waals surface area contributed by atoms with Gasteiger partial charge in [0.25, 0.3) is 0 Å². The van der Waals surface area contributed by atoms with Crippen molar-refractivity contribution in [3.63, 3.8) is 0 Å². The molecule has 0 heterocycles. The van der Waals surface area contributed by atoms with Gasteiger partial charge in [-0.2, -0.15) is 43.9 Å². The van der Waals surface area contributed by atoms with Crippen molar-refractivity contribution in [3.8, 4) is 0 Å². The van der Waals surface area contributed by atoms with Crippen LogP contribution in [-0.4, -0.2) is 54.8 Å². The first-order valence-electron chi connectivity index (χ1n) is 6.38. The molecule has 156 valence electrons. The predicted molar refractivity (Wildman–Crippen MR) is 67.0 cm³/mol. The monoisotopic (exact) mass is 420 g/mol. The van der Waals surface area contributed by atoms with Gasteiger partial charge in [0.1, 0.15) is 0 Å². The van der Waals surface area contributed by atoms with Crippen LogP contribution in [0.1, 0.15) is 0 Å². The van der Waals surface area contributed by atoms with Crippen molar-refractivity contribution in [2.24, 2.45) is 0 Å². The first kappa shape index (κ1) is 24.7. The van der Waals surface area contributed by atoms with Crippen molar-refractivity contribution >= 4 is 11.9 Å². The highest BCUT2D eigenvalue weighted by atomic mass is 19.4. The highest BCUT2D eigenvalue weighted by Crippen LogP contribution is 2.57. The van der Waals surface area contributed by atoms with E-state index in [1.165, 1.54) is 0 Å². The Hall–Kier alpha value is -2.28. The molecule has 0 bridgehead atoms. The van der Waals surface area contributed by atoms with Crippen LogP contribution in [0.15, 0.2) is 25.3 Å². The first-order valence-corrected chi connectivity index (χ1v) is 6.38. The van der Waals surface area contributed by atoms with Gasteiger partial charge in [0.2, 0.25) is 0 Å². The molecule has 0 aliphatic rings. The molecule has 0 aromatic rings. The summed E-state index contributed by atoms with van der Waals surface area (Å²) in [5, 5.41) is 0. The number of hydrogen-bond acceptors (Lipinski definition) is 4. The van der Waals surface area contributed by atoms with Crippen molar-refractivity contribution < 1.29 is 63.0 Å². The van der Waals surface area contributed by atoms with E-state index < -0.39 is 54.8 Å². The summed E-state index contributed by atoms with van der Waals surface area (Å²) >= 11 is 0. The quantitative estimate of drug-likeness (QED) is 0.308. The summed E-state index contributed by atoms with van der Waals surface area (Å²) in [7, 11) is 0. The van der Waals surface area contributed by atoms with Crippen LogP contribution in [0.5, 0.6) is 0 Å². The van der Waals surface area contributed by atoms with Crippen molar-refractivity contribution in [1.82, 2.24) is 0 Å². The molecule has 0 amide bonds. The molecule has 0 rings (SSSR count).